The average Bonchev–Trinajstić information content (AvgIpc) is 2.95. The Morgan fingerprint density at radius 2 is 1.95 bits per heavy atom. The summed E-state index contributed by atoms with van der Waals surface area (Å²) in [6.45, 7) is 2.21. The maximum Gasteiger partial charge on any atom is 0.223 e. The number of carbonyl (C=O) groups excluding carboxylic acids is 1. The van der Waals surface area contributed by atoms with Crippen LogP contribution in [0.1, 0.15) is 32.1 Å². The Kier molecular flexibility index (Phi) is 5.07. The lowest BCUT2D eigenvalue weighted by atomic mass is 10.1. The third-order valence-corrected chi connectivity index (χ3v) is 5.34. The van der Waals surface area contributed by atoms with Crippen molar-refractivity contribution in [2.24, 2.45) is 5.92 Å². The minimum Gasteiger partial charge on any atom is -0.339 e. The van der Waals surface area contributed by atoms with E-state index in [0.29, 0.717) is 30.8 Å². The lowest BCUT2D eigenvalue weighted by molar-refractivity contribution is -0.129. The van der Waals surface area contributed by atoms with Crippen LogP contribution in [-0.4, -0.2) is 68.9 Å². The monoisotopic (exact) mass is 302 g/mol. The van der Waals surface area contributed by atoms with Crippen LogP contribution in [0.3, 0.4) is 0 Å². The van der Waals surface area contributed by atoms with Gasteiger partial charge in [0.15, 0.2) is 0 Å². The quantitative estimate of drug-likeness (QED) is 0.727. The highest BCUT2D eigenvalue weighted by molar-refractivity contribution is 7.90. The van der Waals surface area contributed by atoms with Crippen LogP contribution in [-0.2, 0) is 14.6 Å². The molecule has 1 amide bonds. The van der Waals surface area contributed by atoms with Crippen molar-refractivity contribution in [3.8, 4) is 0 Å². The summed E-state index contributed by atoms with van der Waals surface area (Å²) in [6.07, 6.45) is 6.69. The Labute approximate surface area is 122 Å². The molecule has 2 fully saturated rings. The van der Waals surface area contributed by atoms with Gasteiger partial charge in [-0.1, -0.05) is 12.8 Å². The Morgan fingerprint density at radius 3 is 2.55 bits per heavy atom. The molecule has 0 aromatic heterocycles. The first-order valence-electron chi connectivity index (χ1n) is 7.51. The van der Waals surface area contributed by atoms with E-state index in [0.717, 1.165) is 25.9 Å². The van der Waals surface area contributed by atoms with Crippen LogP contribution in [0.25, 0.3) is 0 Å². The highest BCUT2D eigenvalue weighted by atomic mass is 32.2. The molecule has 2 aliphatic rings. The zero-order chi connectivity index (χ0) is 14.8. The maximum atomic E-state index is 12.1. The molecule has 0 aromatic rings. The number of likely N-dealkylation sites (tertiary alicyclic amines) is 1. The Balaban J connectivity index is 1.78. The smallest absolute Gasteiger partial charge is 0.223 e. The molecule has 1 aliphatic heterocycles. The summed E-state index contributed by atoms with van der Waals surface area (Å²) in [4.78, 5) is 16.2. The summed E-state index contributed by atoms with van der Waals surface area (Å²) in [5, 5.41) is 0. The van der Waals surface area contributed by atoms with Crippen LogP contribution in [0.4, 0.5) is 0 Å². The Hall–Kier alpha value is -0.620. The zero-order valence-electron chi connectivity index (χ0n) is 12.5. The fourth-order valence-electron chi connectivity index (χ4n) is 3.35. The number of hydrogen-bond acceptors (Lipinski definition) is 4. The molecule has 0 bridgehead atoms. The van der Waals surface area contributed by atoms with Gasteiger partial charge in [-0.2, -0.15) is 0 Å². The van der Waals surface area contributed by atoms with E-state index in [2.05, 4.69) is 4.90 Å². The van der Waals surface area contributed by atoms with Crippen molar-refractivity contribution in [3.63, 3.8) is 0 Å². The summed E-state index contributed by atoms with van der Waals surface area (Å²) >= 11 is 0. The summed E-state index contributed by atoms with van der Waals surface area (Å²) in [7, 11) is -0.968. The number of sulfone groups is 1. The van der Waals surface area contributed by atoms with Crippen LogP contribution in [0.5, 0.6) is 0 Å². The van der Waals surface area contributed by atoms with Crippen LogP contribution in [0.15, 0.2) is 0 Å². The van der Waals surface area contributed by atoms with Crippen molar-refractivity contribution in [1.29, 1.82) is 0 Å². The van der Waals surface area contributed by atoms with Gasteiger partial charge in [0.25, 0.3) is 0 Å². The van der Waals surface area contributed by atoms with Crippen molar-refractivity contribution in [2.45, 2.75) is 38.1 Å². The molecule has 2 rings (SSSR count). The Bertz CT molecular complexity index is 443. The van der Waals surface area contributed by atoms with E-state index in [1.165, 1.54) is 19.1 Å². The molecule has 0 unspecified atom stereocenters. The third-order valence-electron chi connectivity index (χ3n) is 4.42. The van der Waals surface area contributed by atoms with Gasteiger partial charge in [-0.15, -0.1) is 0 Å². The molecule has 116 valence electrons. The van der Waals surface area contributed by atoms with Gasteiger partial charge in [0.1, 0.15) is 9.84 Å². The van der Waals surface area contributed by atoms with Gasteiger partial charge in [-0.05, 0) is 25.8 Å². The van der Waals surface area contributed by atoms with Crippen molar-refractivity contribution in [1.82, 2.24) is 9.80 Å². The largest absolute Gasteiger partial charge is 0.339 e. The van der Waals surface area contributed by atoms with Crippen molar-refractivity contribution >= 4 is 15.7 Å². The van der Waals surface area contributed by atoms with Crippen molar-refractivity contribution < 1.29 is 13.2 Å². The molecule has 1 saturated carbocycles. The molecule has 6 heteroatoms. The normalized spacial score (nSPS) is 25.1. The van der Waals surface area contributed by atoms with Gasteiger partial charge in [0.2, 0.25) is 5.91 Å². The first-order valence-corrected chi connectivity index (χ1v) is 9.57. The lowest BCUT2D eigenvalue weighted by Gasteiger charge is -2.25. The molecule has 1 saturated heterocycles. The van der Waals surface area contributed by atoms with Crippen LogP contribution < -0.4 is 0 Å². The maximum absolute atomic E-state index is 12.1. The molecular formula is C14H26N2O3S. The van der Waals surface area contributed by atoms with Gasteiger partial charge in [-0.25, -0.2) is 8.42 Å². The molecule has 0 spiro atoms. The topological polar surface area (TPSA) is 57.7 Å². The second-order valence-electron chi connectivity index (χ2n) is 6.45. The van der Waals surface area contributed by atoms with E-state index < -0.39 is 9.84 Å². The number of carbonyl (C=O) groups is 1. The standard InChI is InChI=1S/C14H26N2O3S/c1-15(7-8-20(2,18)19)10-12-9-14(17)16(11-12)13-5-3-4-6-13/h12-13H,3-11H2,1-2H3/t12-/m0/s1. The van der Waals surface area contributed by atoms with Crippen LogP contribution >= 0.6 is 0 Å². The van der Waals surface area contributed by atoms with Crippen LogP contribution in [0.2, 0.25) is 0 Å². The molecule has 20 heavy (non-hydrogen) atoms. The fourth-order valence-corrected chi connectivity index (χ4v) is 4.00. The lowest BCUT2D eigenvalue weighted by Crippen LogP contribution is -2.36. The molecule has 0 N–H and O–H groups in total. The number of nitrogens with zero attached hydrogens (tertiary/aromatic N) is 2. The molecule has 1 heterocycles. The molecule has 0 radical (unpaired) electrons. The number of hydrogen-bond donors (Lipinski definition) is 0. The molecule has 5 nitrogen and oxygen atoms in total. The van der Waals surface area contributed by atoms with Crippen LogP contribution in [0, 0.1) is 5.92 Å². The first-order chi connectivity index (χ1) is 9.35. The van der Waals surface area contributed by atoms with Gasteiger partial charge >= 0.3 is 0 Å². The number of rotatable bonds is 6. The highest BCUT2D eigenvalue weighted by Crippen LogP contribution is 2.29. The van der Waals surface area contributed by atoms with E-state index in [1.807, 2.05) is 11.9 Å². The Morgan fingerprint density at radius 1 is 1.30 bits per heavy atom. The summed E-state index contributed by atoms with van der Waals surface area (Å²) in [5.74, 6) is 0.835. The molecular weight excluding hydrogens is 276 g/mol. The average molecular weight is 302 g/mol. The summed E-state index contributed by atoms with van der Waals surface area (Å²) < 4.78 is 22.3. The van der Waals surface area contributed by atoms with E-state index in [4.69, 9.17) is 0 Å². The van der Waals surface area contributed by atoms with Crippen molar-refractivity contribution in [2.75, 3.05) is 38.7 Å². The SMILES string of the molecule is CN(CCS(C)(=O)=O)C[C@@H]1CC(=O)N(C2CCCC2)C1. The summed E-state index contributed by atoms with van der Waals surface area (Å²) in [6, 6.07) is 0.467. The van der Waals surface area contributed by atoms with Gasteiger partial charge in [0.05, 0.1) is 5.75 Å². The second-order valence-corrected chi connectivity index (χ2v) is 8.71. The van der Waals surface area contributed by atoms with E-state index in [-0.39, 0.29) is 5.75 Å². The first kappa shape index (κ1) is 15.8. The molecule has 0 aromatic carbocycles. The summed E-state index contributed by atoms with van der Waals surface area (Å²) in [5.41, 5.74) is 0. The molecule has 1 atom stereocenters. The van der Waals surface area contributed by atoms with Gasteiger partial charge in [0, 0.05) is 38.4 Å². The van der Waals surface area contributed by atoms with Gasteiger partial charge < -0.3 is 9.80 Å². The predicted octanol–water partition coefficient (Wildman–Crippen LogP) is 0.754. The second kappa shape index (κ2) is 6.43. The number of amides is 1. The minimum atomic E-state index is -2.91. The fraction of sp³-hybridized carbons (Fsp3) is 0.929. The minimum absolute atomic E-state index is 0.191. The zero-order valence-corrected chi connectivity index (χ0v) is 13.4. The van der Waals surface area contributed by atoms with Crippen molar-refractivity contribution in [3.05, 3.63) is 0 Å². The predicted molar refractivity (Wildman–Crippen MR) is 79.3 cm³/mol. The van der Waals surface area contributed by atoms with E-state index in [9.17, 15) is 13.2 Å². The van der Waals surface area contributed by atoms with E-state index >= 15 is 0 Å². The highest BCUT2D eigenvalue weighted by Gasteiger charge is 2.35. The molecule has 1 aliphatic carbocycles. The van der Waals surface area contributed by atoms with E-state index in [1.54, 1.807) is 0 Å². The van der Waals surface area contributed by atoms with Gasteiger partial charge in [-0.3, -0.25) is 4.79 Å². The third kappa shape index (κ3) is 4.45.